The van der Waals surface area contributed by atoms with Gasteiger partial charge in [-0.25, -0.2) is 74.5 Å². The van der Waals surface area contributed by atoms with Gasteiger partial charge in [-0.2, -0.15) is 0 Å². The van der Waals surface area contributed by atoms with Crippen molar-refractivity contribution in [3.05, 3.63) is 88.5 Å². The molecular weight excluding hydrogens is 1530 g/mol. The first kappa shape index (κ1) is 92.9. The van der Waals surface area contributed by atoms with Crippen LogP contribution in [0.2, 0.25) is 0 Å². The number of benzene rings is 5. The number of phenolic OH excluding ortho intramolecular Hbond substituents is 9. The fourth-order valence-corrected chi connectivity index (χ4v) is 9.17. The number of rotatable bonds is 23. The van der Waals surface area contributed by atoms with Crippen molar-refractivity contribution in [2.45, 2.75) is 30.7 Å². The molecule has 1 aliphatic heterocycles. The van der Waals surface area contributed by atoms with Crippen LogP contribution in [0.4, 0.5) is 0 Å². The van der Waals surface area contributed by atoms with Gasteiger partial charge in [0.25, 0.3) is 62.4 Å². The van der Waals surface area contributed by atoms with Crippen LogP contribution in [0.3, 0.4) is 0 Å². The maximum Gasteiger partial charge on any atom is 1.00 e. The molecule has 6 rings (SSSR count). The molecule has 0 amide bonds. The SMILES string of the molecule is O=C(OC[C@H]1O[C@@H](OC(=O)c2cc(O)c(O)c(OS(=O)(=O)[O-])c2)[C@H](OC(=O)c2cc(O)c(O)c(OS(=O)(=O)[O-])c2)[C@@H](OC(=O)c2cc(OS(=O)(=O)[O-])c(O)c(OS(=O)(=O)[O-])c2)[C@@H]1OC(=O)c1cc(O)c(O)c(OS(=O)(=O)[O-])c1)c1cc(O)c(O)c(OS(=O)(=O)[O-])c1.[Na+].[Na+].[Na+].[Na+].[Na+].[Na+]. The van der Waals surface area contributed by atoms with E-state index in [0.717, 1.165) is 0 Å². The van der Waals surface area contributed by atoms with Gasteiger partial charge in [0.1, 0.15) is 12.7 Å². The summed E-state index contributed by atoms with van der Waals surface area (Å²) in [5.41, 5.74) is -6.85. The van der Waals surface area contributed by atoms with E-state index < -0.39 is 244 Å². The third kappa shape index (κ3) is 26.6. The molecular formula is C41H26Na6O44S6. The van der Waals surface area contributed by atoms with Gasteiger partial charge in [0.2, 0.25) is 41.1 Å². The number of esters is 5. The van der Waals surface area contributed by atoms with E-state index in [0.29, 0.717) is 0 Å². The number of carbonyl (C=O) groups is 5. The van der Waals surface area contributed by atoms with E-state index in [1.165, 1.54) is 0 Å². The smallest absolute Gasteiger partial charge is 0.716 e. The van der Waals surface area contributed by atoms with E-state index in [9.17, 15) is 148 Å². The minimum Gasteiger partial charge on any atom is -0.716 e. The van der Waals surface area contributed by atoms with Gasteiger partial charge in [0, 0.05) is 36.4 Å². The number of aromatic hydroxyl groups is 9. The average Bonchev–Trinajstić information content (AvgIpc) is 0.773. The van der Waals surface area contributed by atoms with Gasteiger partial charge >= 0.3 is 207 Å². The van der Waals surface area contributed by atoms with Crippen LogP contribution >= 0.6 is 0 Å². The van der Waals surface area contributed by atoms with E-state index in [2.05, 4.69) is 25.1 Å². The zero-order chi connectivity index (χ0) is 68.6. The van der Waals surface area contributed by atoms with Crippen LogP contribution in [0.25, 0.3) is 0 Å². The third-order valence-corrected chi connectivity index (χ3v) is 12.8. The molecule has 1 aliphatic rings. The first-order chi connectivity index (χ1) is 41.6. The summed E-state index contributed by atoms with van der Waals surface area (Å²) in [4.78, 5) is 70.9. The molecule has 0 spiro atoms. The molecule has 97 heavy (non-hydrogen) atoms. The summed E-state index contributed by atoms with van der Waals surface area (Å²) in [6.07, 6.45) is -15.7. The van der Waals surface area contributed by atoms with Crippen molar-refractivity contribution < 1.29 is 379 Å². The largest absolute Gasteiger partial charge is 1.00 e. The Morgan fingerprint density at radius 2 is 0.536 bits per heavy atom. The number of hydrogen-bond acceptors (Lipinski definition) is 44. The summed E-state index contributed by atoms with van der Waals surface area (Å²) >= 11 is 0. The van der Waals surface area contributed by atoms with Crippen LogP contribution in [0.15, 0.2) is 60.7 Å². The van der Waals surface area contributed by atoms with Crippen LogP contribution in [0.5, 0.6) is 86.2 Å². The Morgan fingerprint density at radius 1 is 0.320 bits per heavy atom. The van der Waals surface area contributed by atoms with Crippen molar-refractivity contribution in [3.8, 4) is 86.2 Å². The molecule has 0 bridgehead atoms. The van der Waals surface area contributed by atoms with Gasteiger partial charge in [-0.05, 0) is 24.3 Å². The Bertz CT molecular complexity index is 4500. The fourth-order valence-electron chi connectivity index (χ4n) is 7.08. The van der Waals surface area contributed by atoms with Gasteiger partial charge in [-0.1, -0.05) is 0 Å². The molecule has 0 radical (unpaired) electrons. The molecule has 5 atom stereocenters. The maximum absolute atomic E-state index is 14.5. The Kier molecular flexibility index (Phi) is 34.6. The molecule has 1 fully saturated rings. The third-order valence-electron chi connectivity index (χ3n) is 10.5. The zero-order valence-electron chi connectivity index (χ0n) is 48.6. The molecule has 5 aromatic carbocycles. The van der Waals surface area contributed by atoms with Crippen molar-refractivity contribution in [2.75, 3.05) is 6.61 Å². The summed E-state index contributed by atoms with van der Waals surface area (Å²) in [5, 5.41) is 92.9. The monoisotopic (exact) mass is 1550 g/mol. The van der Waals surface area contributed by atoms with Crippen LogP contribution in [0, 0.1) is 0 Å². The quantitative estimate of drug-likeness (QED) is 0.00732. The summed E-state index contributed by atoms with van der Waals surface area (Å²) < 4.78 is 264. The minimum absolute atomic E-state index is 0. The van der Waals surface area contributed by atoms with Crippen molar-refractivity contribution in [2.24, 2.45) is 0 Å². The Labute approximate surface area is 673 Å². The van der Waals surface area contributed by atoms with Gasteiger partial charge in [-0.15, -0.1) is 0 Å². The molecule has 9 N–H and O–H groups in total. The van der Waals surface area contributed by atoms with Crippen molar-refractivity contribution in [1.82, 2.24) is 0 Å². The number of ether oxygens (including phenoxy) is 6. The molecule has 0 unspecified atom stereocenters. The maximum atomic E-state index is 14.5. The van der Waals surface area contributed by atoms with Crippen molar-refractivity contribution in [1.29, 1.82) is 0 Å². The summed E-state index contributed by atoms with van der Waals surface area (Å²) in [6, 6.07) is 0.800. The first-order valence-electron chi connectivity index (χ1n) is 22.2. The Morgan fingerprint density at radius 3 is 0.804 bits per heavy atom. The topological polar surface area (TPSA) is 721 Å². The predicted molar refractivity (Wildman–Crippen MR) is 261 cm³/mol. The van der Waals surface area contributed by atoms with E-state index in [-0.39, 0.29) is 238 Å². The molecule has 0 saturated carbocycles. The van der Waals surface area contributed by atoms with Gasteiger partial charge in [0.05, 0.1) is 27.8 Å². The van der Waals surface area contributed by atoms with Crippen LogP contribution < -0.4 is 202 Å². The first-order valence-corrected chi connectivity index (χ1v) is 30.2. The Balaban J connectivity index is 0.0000154. The van der Waals surface area contributed by atoms with Crippen LogP contribution in [-0.2, 0) is 90.8 Å². The molecule has 44 nitrogen and oxygen atoms in total. The van der Waals surface area contributed by atoms with Crippen LogP contribution in [-0.4, -0.2) is 191 Å². The molecule has 0 aliphatic carbocycles. The van der Waals surface area contributed by atoms with E-state index in [4.69, 9.17) is 28.4 Å². The predicted octanol–water partition coefficient (Wildman–Crippen LogP) is -21.5. The molecule has 0 aromatic heterocycles. The normalized spacial score (nSPS) is 16.0. The minimum atomic E-state index is -6.19. The summed E-state index contributed by atoms with van der Waals surface area (Å²) in [5.74, 6) is -35.7. The standard InChI is InChI=1S/C41H32O44S6.6Na/c42-17-1-12(5-21(28(17)46)80-86(56,57)58)36(51)74-11-27-33(76-37(52)13-2-18(43)29(47)22(6-13)81-87(59,60)61)34(77-39(54)16-9-25(84-90(68,69)70)32(50)26(10-16)85-91(71,72)73)35(78-38(53)14-3-19(44)30(48)23(7-14)82-88(62,63)64)41(75-27)79-40(55)15-4-20(45)31(49)24(8-15)83-89(65,66)67;;;;;;/h1-10,27,33-35,41-50H,11H2,(H,56,57,58)(H,59,60,61)(H,62,63,64)(H,65,66,67)(H,68,69,70)(H,71,72,73);;;;;;/q;6*+1/p-6/t27-,33-,34+,35-,41+;;;;;;/m1....../s1. The Hall–Kier alpha value is -4.13. The zero-order valence-corrected chi connectivity index (χ0v) is 65.5. The number of carbonyl (C=O) groups excluding carboxylic acids is 5. The van der Waals surface area contributed by atoms with Gasteiger partial charge in [0.15, 0.2) is 69.7 Å². The fraction of sp³-hybridized carbons (Fsp3) is 0.146. The second-order valence-corrected chi connectivity index (χ2v) is 22.7. The second kappa shape index (κ2) is 36.1. The van der Waals surface area contributed by atoms with E-state index in [1.54, 1.807) is 0 Å². The molecule has 5 aromatic rings. The summed E-state index contributed by atoms with van der Waals surface area (Å²) in [6.45, 7) is -1.83. The van der Waals surface area contributed by atoms with Crippen molar-refractivity contribution in [3.63, 3.8) is 0 Å². The van der Waals surface area contributed by atoms with Gasteiger partial charge < -0.3 is 127 Å². The molecule has 1 saturated heterocycles. The van der Waals surface area contributed by atoms with Crippen LogP contribution in [0.1, 0.15) is 51.8 Å². The second-order valence-electron chi connectivity index (χ2n) is 16.8. The van der Waals surface area contributed by atoms with Gasteiger partial charge in [-0.3, -0.25) is 0 Å². The molecule has 1 heterocycles. The van der Waals surface area contributed by atoms with Crippen molar-refractivity contribution >= 4 is 92.2 Å². The molecule has 56 heteroatoms. The molecule has 496 valence electrons. The average molecular weight is 1550 g/mol. The number of phenols is 9. The van der Waals surface area contributed by atoms with E-state index >= 15 is 0 Å². The van der Waals surface area contributed by atoms with E-state index in [1.807, 2.05) is 0 Å². The summed E-state index contributed by atoms with van der Waals surface area (Å²) in [7, 11) is -36.3. The number of hydrogen-bond donors (Lipinski definition) is 9.